The van der Waals surface area contributed by atoms with Crippen molar-refractivity contribution in [3.63, 3.8) is 0 Å². The minimum atomic E-state index is -0.0893. The molecule has 0 fully saturated rings. The predicted octanol–water partition coefficient (Wildman–Crippen LogP) is 4.12. The van der Waals surface area contributed by atoms with E-state index in [1.165, 1.54) is 14.2 Å². The molecule has 0 aliphatic rings. The van der Waals surface area contributed by atoms with Gasteiger partial charge in [0.1, 0.15) is 0 Å². The maximum atomic E-state index is 6.10. The molecule has 74 valence electrons. The van der Waals surface area contributed by atoms with E-state index in [9.17, 15) is 0 Å². The van der Waals surface area contributed by atoms with Gasteiger partial charge in [0.15, 0.2) is 0 Å². The van der Waals surface area contributed by atoms with Gasteiger partial charge >= 0.3 is 0 Å². The van der Waals surface area contributed by atoms with Gasteiger partial charge in [-0.2, -0.15) is 0 Å². The highest BCUT2D eigenvalue weighted by Gasteiger charge is 2.14. The number of hydrogen-bond acceptors (Lipinski definition) is 3. The zero-order valence-corrected chi connectivity index (χ0v) is 11.6. The zero-order chi connectivity index (χ0) is 10.1. The second kappa shape index (κ2) is 4.49. The van der Waals surface area contributed by atoms with Crippen molar-refractivity contribution in [2.75, 3.05) is 0 Å². The fourth-order valence-corrected chi connectivity index (χ4v) is 3.60. The van der Waals surface area contributed by atoms with Crippen LogP contribution in [-0.4, -0.2) is 0 Å². The summed E-state index contributed by atoms with van der Waals surface area (Å²) in [6.45, 7) is 0. The summed E-state index contributed by atoms with van der Waals surface area (Å²) in [5.74, 6) is 0. The Kier molecular flexibility index (Phi) is 3.49. The van der Waals surface area contributed by atoms with Crippen LogP contribution < -0.4 is 5.73 Å². The van der Waals surface area contributed by atoms with Crippen LogP contribution in [0.3, 0.4) is 0 Å². The minimum absolute atomic E-state index is 0.0893. The summed E-state index contributed by atoms with van der Waals surface area (Å²) in [6, 6.07) is 4.00. The van der Waals surface area contributed by atoms with Crippen LogP contribution in [0.1, 0.15) is 17.2 Å². The quantitative estimate of drug-likeness (QED) is 0.806. The Morgan fingerprint density at radius 2 is 2.21 bits per heavy atom. The normalized spacial score (nSPS) is 13.1. The Balaban J connectivity index is 2.33. The van der Waals surface area contributed by atoms with Crippen molar-refractivity contribution in [2.45, 2.75) is 6.04 Å². The molecule has 0 aromatic carbocycles. The maximum Gasteiger partial charge on any atom is 0.0979 e. The Morgan fingerprint density at radius 1 is 1.43 bits per heavy atom. The number of rotatable bonds is 2. The van der Waals surface area contributed by atoms with Gasteiger partial charge in [-0.15, -0.1) is 22.7 Å². The molecular formula is C9H7ClINS2. The zero-order valence-electron chi connectivity index (χ0n) is 7.04. The topological polar surface area (TPSA) is 26.0 Å². The lowest BCUT2D eigenvalue weighted by molar-refractivity contribution is 0.882. The number of hydrogen-bond donors (Lipinski definition) is 1. The molecule has 0 bridgehead atoms. The van der Waals surface area contributed by atoms with Crippen LogP contribution in [0.2, 0.25) is 4.34 Å². The summed E-state index contributed by atoms with van der Waals surface area (Å²) in [5, 5.41) is 4.05. The smallest absolute Gasteiger partial charge is 0.0979 e. The van der Waals surface area contributed by atoms with Gasteiger partial charge in [-0.25, -0.2) is 0 Å². The van der Waals surface area contributed by atoms with Crippen molar-refractivity contribution >= 4 is 56.9 Å². The molecule has 0 aliphatic carbocycles. The van der Waals surface area contributed by atoms with Crippen LogP contribution in [0, 0.1) is 2.88 Å². The van der Waals surface area contributed by atoms with Gasteiger partial charge in [-0.05, 0) is 51.0 Å². The SMILES string of the molecule is NC(c1csc(I)c1)c1ccsc1Cl. The first kappa shape index (κ1) is 10.9. The first-order valence-corrected chi connectivity index (χ1v) is 7.12. The molecule has 0 radical (unpaired) electrons. The van der Waals surface area contributed by atoms with E-state index in [1.807, 2.05) is 11.4 Å². The summed E-state index contributed by atoms with van der Waals surface area (Å²) >= 11 is 11.5. The fraction of sp³-hybridized carbons (Fsp3) is 0.111. The van der Waals surface area contributed by atoms with Crippen LogP contribution in [0.15, 0.2) is 22.9 Å². The van der Waals surface area contributed by atoms with Crippen molar-refractivity contribution < 1.29 is 0 Å². The van der Waals surface area contributed by atoms with E-state index in [0.29, 0.717) is 0 Å². The fourth-order valence-electron chi connectivity index (χ4n) is 1.19. The first-order chi connectivity index (χ1) is 6.68. The monoisotopic (exact) mass is 355 g/mol. The average molecular weight is 356 g/mol. The summed E-state index contributed by atoms with van der Waals surface area (Å²) in [6.07, 6.45) is 0. The standard InChI is InChI=1S/C9H7ClINS2/c10-9-6(1-2-13-9)8(12)5-3-7(11)14-4-5/h1-4,8H,12H2. The number of thiophene rings is 2. The van der Waals surface area contributed by atoms with Gasteiger partial charge in [0.05, 0.1) is 13.3 Å². The first-order valence-electron chi connectivity index (χ1n) is 3.91. The van der Waals surface area contributed by atoms with Crippen molar-refractivity contribution in [1.82, 2.24) is 0 Å². The van der Waals surface area contributed by atoms with Crippen molar-refractivity contribution in [3.8, 4) is 0 Å². The lowest BCUT2D eigenvalue weighted by atomic mass is 10.1. The summed E-state index contributed by atoms with van der Waals surface area (Å²) in [4.78, 5) is 0. The number of nitrogens with two attached hydrogens (primary N) is 1. The van der Waals surface area contributed by atoms with Gasteiger partial charge in [0.2, 0.25) is 0 Å². The largest absolute Gasteiger partial charge is 0.320 e. The van der Waals surface area contributed by atoms with Crippen molar-refractivity contribution in [2.24, 2.45) is 5.73 Å². The van der Waals surface area contributed by atoms with E-state index in [-0.39, 0.29) is 6.04 Å². The average Bonchev–Trinajstić information content (AvgIpc) is 2.73. The predicted molar refractivity (Wildman–Crippen MR) is 72.4 cm³/mol. The minimum Gasteiger partial charge on any atom is -0.320 e. The van der Waals surface area contributed by atoms with Crippen molar-refractivity contribution in [3.05, 3.63) is 41.2 Å². The molecule has 2 aromatic rings. The van der Waals surface area contributed by atoms with Crippen LogP contribution in [0.25, 0.3) is 0 Å². The molecule has 2 heterocycles. The number of halogens is 2. The highest BCUT2D eigenvalue weighted by Crippen LogP contribution is 2.32. The Bertz CT molecular complexity index is 437. The molecule has 2 aromatic heterocycles. The third-order valence-corrected chi connectivity index (χ3v) is 4.94. The van der Waals surface area contributed by atoms with E-state index >= 15 is 0 Å². The van der Waals surface area contributed by atoms with E-state index in [4.69, 9.17) is 17.3 Å². The molecule has 2 N–H and O–H groups in total. The lowest BCUT2D eigenvalue weighted by Crippen LogP contribution is -2.10. The van der Waals surface area contributed by atoms with Gasteiger partial charge in [-0.3, -0.25) is 0 Å². The third kappa shape index (κ3) is 2.14. The van der Waals surface area contributed by atoms with Gasteiger partial charge in [0, 0.05) is 5.56 Å². The molecule has 0 saturated carbocycles. The highest BCUT2D eigenvalue weighted by atomic mass is 127. The van der Waals surface area contributed by atoms with E-state index in [0.717, 1.165) is 15.5 Å². The highest BCUT2D eigenvalue weighted by molar-refractivity contribution is 14.1. The van der Waals surface area contributed by atoms with E-state index in [1.54, 1.807) is 11.3 Å². The van der Waals surface area contributed by atoms with Crippen LogP contribution in [0.5, 0.6) is 0 Å². The molecule has 1 unspecified atom stereocenters. The second-order valence-electron chi connectivity index (χ2n) is 2.81. The van der Waals surface area contributed by atoms with Crippen LogP contribution in [-0.2, 0) is 0 Å². The summed E-state index contributed by atoms with van der Waals surface area (Å²) < 4.78 is 2.04. The van der Waals surface area contributed by atoms with Gasteiger partial charge in [0.25, 0.3) is 0 Å². The maximum absolute atomic E-state index is 6.10. The molecule has 5 heteroatoms. The Morgan fingerprint density at radius 3 is 2.71 bits per heavy atom. The Hall–Kier alpha value is 0.380. The van der Waals surface area contributed by atoms with Crippen LogP contribution >= 0.6 is 56.9 Å². The summed E-state index contributed by atoms with van der Waals surface area (Å²) in [7, 11) is 0. The molecular weight excluding hydrogens is 349 g/mol. The van der Waals surface area contributed by atoms with Gasteiger partial charge < -0.3 is 5.73 Å². The summed E-state index contributed by atoms with van der Waals surface area (Å²) in [5.41, 5.74) is 8.26. The van der Waals surface area contributed by atoms with Crippen LogP contribution in [0.4, 0.5) is 0 Å². The molecule has 2 rings (SSSR count). The molecule has 0 spiro atoms. The van der Waals surface area contributed by atoms with Gasteiger partial charge in [-0.1, -0.05) is 11.6 Å². The molecule has 0 saturated heterocycles. The molecule has 1 nitrogen and oxygen atoms in total. The van der Waals surface area contributed by atoms with Crippen molar-refractivity contribution in [1.29, 1.82) is 0 Å². The van der Waals surface area contributed by atoms with E-state index in [2.05, 4.69) is 34.0 Å². The van der Waals surface area contributed by atoms with E-state index < -0.39 is 0 Å². The third-order valence-electron chi connectivity index (χ3n) is 1.93. The molecule has 1 atom stereocenters. The molecule has 0 amide bonds. The lowest BCUT2D eigenvalue weighted by Gasteiger charge is -2.07. The molecule has 14 heavy (non-hydrogen) atoms. The second-order valence-corrected chi connectivity index (χ2v) is 7.14. The molecule has 0 aliphatic heterocycles. The Labute approximate surface area is 109 Å².